The van der Waals surface area contributed by atoms with E-state index in [-0.39, 0.29) is 0 Å². The van der Waals surface area contributed by atoms with Gasteiger partial charge in [0.05, 0.1) is 0 Å². The molecule has 2 atom stereocenters. The van der Waals surface area contributed by atoms with Gasteiger partial charge in [0.1, 0.15) is 0 Å². The van der Waals surface area contributed by atoms with Crippen LogP contribution in [0.4, 0.5) is 5.69 Å². The van der Waals surface area contributed by atoms with Crippen molar-refractivity contribution >= 4 is 5.69 Å². The van der Waals surface area contributed by atoms with Crippen LogP contribution in [0.15, 0.2) is 24.3 Å². The highest BCUT2D eigenvalue weighted by Crippen LogP contribution is 2.19. The lowest BCUT2D eigenvalue weighted by atomic mass is 9.94. The lowest BCUT2D eigenvalue weighted by Crippen LogP contribution is -2.44. The lowest BCUT2D eigenvalue weighted by Gasteiger charge is -2.32. The summed E-state index contributed by atoms with van der Waals surface area (Å²) in [6.45, 7) is 6.85. The number of likely N-dealkylation sites (N-methyl/N-ethyl adjacent to an activating group) is 1. The van der Waals surface area contributed by atoms with Gasteiger partial charge in [-0.1, -0.05) is 26.0 Å². The third kappa shape index (κ3) is 3.49. The van der Waals surface area contributed by atoms with Crippen molar-refractivity contribution in [2.75, 3.05) is 25.0 Å². The molecule has 0 spiro atoms. The summed E-state index contributed by atoms with van der Waals surface area (Å²) in [5.41, 5.74) is 2.74. The molecule has 0 bridgehead atoms. The molecule has 2 unspecified atom stereocenters. The Morgan fingerprint density at radius 1 is 1.28 bits per heavy atom. The number of nitrogens with one attached hydrogen (secondary N) is 1. The molecule has 0 saturated carbocycles. The molecule has 1 aromatic carbocycles. The van der Waals surface area contributed by atoms with E-state index in [1.54, 1.807) is 0 Å². The van der Waals surface area contributed by atoms with Crippen LogP contribution in [0.1, 0.15) is 32.3 Å². The summed E-state index contributed by atoms with van der Waals surface area (Å²) < 4.78 is 0. The van der Waals surface area contributed by atoms with E-state index in [9.17, 15) is 0 Å². The molecule has 1 fully saturated rings. The molecule has 1 aromatic rings. The number of anilines is 1. The second-order valence-corrected chi connectivity index (χ2v) is 5.68. The molecule has 18 heavy (non-hydrogen) atoms. The summed E-state index contributed by atoms with van der Waals surface area (Å²) in [6, 6.07) is 9.60. The highest BCUT2D eigenvalue weighted by molar-refractivity contribution is 5.47. The van der Waals surface area contributed by atoms with E-state index in [4.69, 9.17) is 0 Å². The molecule has 1 aliphatic heterocycles. The Morgan fingerprint density at radius 2 is 2.00 bits per heavy atom. The van der Waals surface area contributed by atoms with Crippen molar-refractivity contribution in [1.29, 1.82) is 0 Å². The molecule has 0 radical (unpaired) electrons. The topological polar surface area (TPSA) is 15.3 Å². The van der Waals surface area contributed by atoms with Crippen molar-refractivity contribution in [3.8, 4) is 0 Å². The molecular weight excluding hydrogens is 220 g/mol. The predicted molar refractivity (Wildman–Crippen MR) is 79.3 cm³/mol. The van der Waals surface area contributed by atoms with E-state index in [2.05, 4.69) is 55.4 Å². The Balaban J connectivity index is 1.91. The number of nitrogens with zero attached hydrogens (tertiary/aromatic N) is 1. The fourth-order valence-electron chi connectivity index (χ4n) is 2.78. The van der Waals surface area contributed by atoms with Crippen LogP contribution in [-0.2, 0) is 6.42 Å². The van der Waals surface area contributed by atoms with Gasteiger partial charge < -0.3 is 10.2 Å². The lowest BCUT2D eigenvalue weighted by molar-refractivity contribution is 0.322. The van der Waals surface area contributed by atoms with Gasteiger partial charge in [-0.05, 0) is 49.4 Å². The van der Waals surface area contributed by atoms with Crippen molar-refractivity contribution < 1.29 is 0 Å². The van der Waals surface area contributed by atoms with Crippen molar-refractivity contribution in [3.63, 3.8) is 0 Å². The minimum Gasteiger partial charge on any atom is -0.373 e. The van der Waals surface area contributed by atoms with Crippen LogP contribution >= 0.6 is 0 Å². The molecule has 0 aromatic heterocycles. The Morgan fingerprint density at radius 3 is 2.61 bits per heavy atom. The van der Waals surface area contributed by atoms with Gasteiger partial charge in [0.2, 0.25) is 0 Å². The third-order valence-corrected chi connectivity index (χ3v) is 4.04. The van der Waals surface area contributed by atoms with E-state index < -0.39 is 0 Å². The Hall–Kier alpha value is -1.02. The monoisotopic (exact) mass is 246 g/mol. The quantitative estimate of drug-likeness (QED) is 0.878. The molecule has 100 valence electrons. The smallest absolute Gasteiger partial charge is 0.0364 e. The molecule has 2 heteroatoms. The van der Waals surface area contributed by atoms with E-state index in [1.165, 1.54) is 30.6 Å². The maximum Gasteiger partial charge on any atom is 0.0364 e. The SMILES string of the molecule is CCc1ccc(N(C)CC2CC(C)CCN2)cc1. The Bertz CT molecular complexity index is 358. The first-order valence-corrected chi connectivity index (χ1v) is 7.22. The number of benzene rings is 1. The van der Waals surface area contributed by atoms with E-state index in [0.29, 0.717) is 6.04 Å². The van der Waals surface area contributed by atoms with Gasteiger partial charge in [-0.15, -0.1) is 0 Å². The van der Waals surface area contributed by atoms with Gasteiger partial charge in [0, 0.05) is 25.3 Å². The summed E-state index contributed by atoms with van der Waals surface area (Å²) in [4.78, 5) is 2.37. The molecule has 0 amide bonds. The van der Waals surface area contributed by atoms with Gasteiger partial charge in [-0.3, -0.25) is 0 Å². The Labute approximate surface area is 111 Å². The fraction of sp³-hybridized carbons (Fsp3) is 0.625. The molecule has 1 aliphatic rings. The zero-order valence-electron chi connectivity index (χ0n) is 11.9. The molecule has 1 saturated heterocycles. The number of hydrogen-bond donors (Lipinski definition) is 1. The molecule has 1 heterocycles. The van der Waals surface area contributed by atoms with Gasteiger partial charge in [-0.2, -0.15) is 0 Å². The first kappa shape index (κ1) is 13.4. The number of piperidine rings is 1. The van der Waals surface area contributed by atoms with E-state index in [0.717, 1.165) is 18.9 Å². The first-order chi connectivity index (χ1) is 8.69. The summed E-state index contributed by atoms with van der Waals surface area (Å²) in [5, 5.41) is 3.63. The average Bonchev–Trinajstić information content (AvgIpc) is 2.39. The zero-order chi connectivity index (χ0) is 13.0. The van der Waals surface area contributed by atoms with E-state index in [1.807, 2.05) is 0 Å². The van der Waals surface area contributed by atoms with Crippen LogP contribution in [0.3, 0.4) is 0 Å². The Kier molecular flexibility index (Phi) is 4.65. The molecule has 0 aliphatic carbocycles. The van der Waals surface area contributed by atoms with Gasteiger partial charge in [0.25, 0.3) is 0 Å². The predicted octanol–water partition coefficient (Wildman–Crippen LogP) is 3.07. The zero-order valence-corrected chi connectivity index (χ0v) is 11.9. The van der Waals surface area contributed by atoms with Crippen molar-refractivity contribution in [2.45, 2.75) is 39.2 Å². The highest BCUT2D eigenvalue weighted by atomic mass is 15.1. The maximum absolute atomic E-state index is 3.63. The summed E-state index contributed by atoms with van der Waals surface area (Å²) >= 11 is 0. The molecule has 1 N–H and O–H groups in total. The second kappa shape index (κ2) is 6.24. The van der Waals surface area contributed by atoms with Gasteiger partial charge >= 0.3 is 0 Å². The van der Waals surface area contributed by atoms with Gasteiger partial charge in [-0.25, -0.2) is 0 Å². The van der Waals surface area contributed by atoms with Crippen LogP contribution in [0.2, 0.25) is 0 Å². The minimum absolute atomic E-state index is 0.643. The van der Waals surface area contributed by atoms with Crippen LogP contribution in [0, 0.1) is 5.92 Å². The largest absolute Gasteiger partial charge is 0.373 e. The summed E-state index contributed by atoms with van der Waals surface area (Å²) in [7, 11) is 2.20. The highest BCUT2D eigenvalue weighted by Gasteiger charge is 2.19. The number of rotatable bonds is 4. The maximum atomic E-state index is 3.63. The van der Waals surface area contributed by atoms with Crippen LogP contribution in [-0.4, -0.2) is 26.2 Å². The van der Waals surface area contributed by atoms with Gasteiger partial charge in [0.15, 0.2) is 0 Å². The standard InChI is InChI=1S/C16H26N2/c1-4-14-5-7-16(8-6-14)18(3)12-15-11-13(2)9-10-17-15/h5-8,13,15,17H,4,9-12H2,1-3H3. The van der Waals surface area contributed by atoms with Crippen molar-refractivity contribution in [2.24, 2.45) is 5.92 Å². The summed E-state index contributed by atoms with van der Waals surface area (Å²) in [5.74, 6) is 0.868. The molecule has 2 rings (SSSR count). The molecular formula is C16H26N2. The van der Waals surface area contributed by atoms with Crippen molar-refractivity contribution in [1.82, 2.24) is 5.32 Å². The summed E-state index contributed by atoms with van der Waals surface area (Å²) in [6.07, 6.45) is 3.74. The third-order valence-electron chi connectivity index (χ3n) is 4.04. The van der Waals surface area contributed by atoms with Crippen molar-refractivity contribution in [3.05, 3.63) is 29.8 Å². The fourth-order valence-corrected chi connectivity index (χ4v) is 2.78. The van der Waals surface area contributed by atoms with Crippen LogP contribution < -0.4 is 10.2 Å². The minimum atomic E-state index is 0.643. The average molecular weight is 246 g/mol. The van der Waals surface area contributed by atoms with Crippen LogP contribution in [0.25, 0.3) is 0 Å². The number of hydrogen-bond acceptors (Lipinski definition) is 2. The van der Waals surface area contributed by atoms with Crippen LogP contribution in [0.5, 0.6) is 0 Å². The first-order valence-electron chi connectivity index (χ1n) is 7.22. The number of aryl methyl sites for hydroxylation is 1. The molecule has 2 nitrogen and oxygen atoms in total. The van der Waals surface area contributed by atoms with E-state index >= 15 is 0 Å². The normalized spacial score (nSPS) is 23.9. The second-order valence-electron chi connectivity index (χ2n) is 5.68.